The Labute approximate surface area is 146 Å². The van der Waals surface area contributed by atoms with Gasteiger partial charge in [-0.05, 0) is 36.0 Å². The second-order valence-electron chi connectivity index (χ2n) is 4.75. The van der Waals surface area contributed by atoms with Crippen LogP contribution in [0.2, 0.25) is 0 Å². The fraction of sp³-hybridized carbons (Fsp3) is 0.111. The topological polar surface area (TPSA) is 59.6 Å². The maximum atomic E-state index is 11.9. The summed E-state index contributed by atoms with van der Waals surface area (Å²) >= 11 is 5.16. The van der Waals surface area contributed by atoms with Crippen molar-refractivity contribution in [3.05, 3.63) is 60.2 Å². The van der Waals surface area contributed by atoms with Crippen LogP contribution in [-0.4, -0.2) is 25.2 Å². The van der Waals surface area contributed by atoms with E-state index in [-0.39, 0.29) is 11.0 Å². The van der Waals surface area contributed by atoms with Crippen molar-refractivity contribution in [1.29, 1.82) is 0 Å². The lowest BCUT2D eigenvalue weighted by molar-refractivity contribution is -0.115. The van der Waals surface area contributed by atoms with Gasteiger partial charge in [-0.3, -0.25) is 10.1 Å². The molecule has 0 fully saturated rings. The van der Waals surface area contributed by atoms with Crippen LogP contribution in [-0.2, 0) is 4.79 Å². The highest BCUT2D eigenvalue weighted by atomic mass is 32.1. The third-order valence-electron chi connectivity index (χ3n) is 3.12. The minimum Gasteiger partial charge on any atom is -0.497 e. The lowest BCUT2D eigenvalue weighted by atomic mass is 10.2. The quantitative estimate of drug-likeness (QED) is 0.645. The van der Waals surface area contributed by atoms with Crippen molar-refractivity contribution >= 4 is 35.0 Å². The highest BCUT2D eigenvalue weighted by molar-refractivity contribution is 7.80. The van der Waals surface area contributed by atoms with Gasteiger partial charge < -0.3 is 14.8 Å². The molecule has 0 aromatic heterocycles. The molecule has 0 saturated carbocycles. The molecule has 0 saturated heterocycles. The molecule has 0 aliphatic heterocycles. The molecule has 124 valence electrons. The van der Waals surface area contributed by atoms with E-state index < -0.39 is 0 Å². The van der Waals surface area contributed by atoms with Gasteiger partial charge >= 0.3 is 0 Å². The van der Waals surface area contributed by atoms with Crippen LogP contribution in [0.5, 0.6) is 11.5 Å². The predicted molar refractivity (Wildman–Crippen MR) is 99.4 cm³/mol. The molecule has 1 amide bonds. The first-order chi connectivity index (χ1) is 11.6. The largest absolute Gasteiger partial charge is 0.497 e. The Balaban J connectivity index is 1.98. The zero-order chi connectivity index (χ0) is 17.4. The average Bonchev–Trinajstić information content (AvgIpc) is 2.60. The van der Waals surface area contributed by atoms with Crippen LogP contribution in [0.15, 0.2) is 54.6 Å². The zero-order valence-corrected chi connectivity index (χ0v) is 14.2. The second-order valence-corrected chi connectivity index (χ2v) is 5.16. The van der Waals surface area contributed by atoms with Gasteiger partial charge in [-0.2, -0.15) is 0 Å². The highest BCUT2D eigenvalue weighted by Crippen LogP contribution is 2.28. The molecule has 0 atom stereocenters. The van der Waals surface area contributed by atoms with Crippen LogP contribution in [0.3, 0.4) is 0 Å². The molecule has 0 aliphatic carbocycles. The lowest BCUT2D eigenvalue weighted by Gasteiger charge is -2.13. The summed E-state index contributed by atoms with van der Waals surface area (Å²) in [5.74, 6) is 0.918. The molecular weight excluding hydrogens is 324 g/mol. The number of anilines is 1. The summed E-state index contributed by atoms with van der Waals surface area (Å²) in [4.78, 5) is 11.9. The molecule has 0 bridgehead atoms. The molecule has 5 nitrogen and oxygen atoms in total. The molecule has 0 radical (unpaired) electrons. The van der Waals surface area contributed by atoms with Gasteiger partial charge in [-0.1, -0.05) is 30.3 Å². The molecule has 6 heteroatoms. The SMILES string of the molecule is COc1ccc(OC)c(NC(=S)NC(=O)C=Cc2ccccc2)c1. The maximum absolute atomic E-state index is 11.9. The number of hydrogen-bond acceptors (Lipinski definition) is 4. The number of amides is 1. The number of benzene rings is 2. The highest BCUT2D eigenvalue weighted by Gasteiger charge is 2.08. The van der Waals surface area contributed by atoms with E-state index in [1.807, 2.05) is 30.3 Å². The fourth-order valence-electron chi connectivity index (χ4n) is 1.95. The minimum atomic E-state index is -0.321. The molecule has 0 heterocycles. The van der Waals surface area contributed by atoms with Gasteiger partial charge in [-0.15, -0.1) is 0 Å². The van der Waals surface area contributed by atoms with E-state index in [2.05, 4.69) is 10.6 Å². The predicted octanol–water partition coefficient (Wildman–Crippen LogP) is 3.23. The minimum absolute atomic E-state index is 0.171. The summed E-state index contributed by atoms with van der Waals surface area (Å²) in [7, 11) is 3.12. The Hall–Kier alpha value is -2.86. The number of ether oxygens (including phenoxy) is 2. The Bertz CT molecular complexity index is 745. The number of carbonyl (C=O) groups is 1. The van der Waals surface area contributed by atoms with Gasteiger partial charge in [0, 0.05) is 12.1 Å². The van der Waals surface area contributed by atoms with E-state index in [9.17, 15) is 4.79 Å². The van der Waals surface area contributed by atoms with E-state index in [0.717, 1.165) is 5.56 Å². The number of rotatable bonds is 5. The summed E-state index contributed by atoms with van der Waals surface area (Å²) in [6, 6.07) is 14.8. The summed E-state index contributed by atoms with van der Waals surface area (Å²) in [6.07, 6.45) is 3.14. The summed E-state index contributed by atoms with van der Waals surface area (Å²) in [6.45, 7) is 0. The number of carbonyl (C=O) groups excluding carboxylic acids is 1. The first-order valence-electron chi connectivity index (χ1n) is 7.19. The van der Waals surface area contributed by atoms with E-state index in [0.29, 0.717) is 17.2 Å². The van der Waals surface area contributed by atoms with Crippen LogP contribution >= 0.6 is 12.2 Å². The van der Waals surface area contributed by atoms with Gasteiger partial charge in [-0.25, -0.2) is 0 Å². The Kier molecular flexibility index (Phi) is 6.33. The molecule has 0 unspecified atom stereocenters. The number of nitrogens with one attached hydrogen (secondary N) is 2. The average molecular weight is 342 g/mol. The summed E-state index contributed by atoms with van der Waals surface area (Å²) in [5, 5.41) is 5.68. The first-order valence-corrected chi connectivity index (χ1v) is 7.60. The van der Waals surface area contributed by atoms with Crippen molar-refractivity contribution in [2.24, 2.45) is 0 Å². The molecule has 2 aromatic carbocycles. The van der Waals surface area contributed by atoms with Crippen molar-refractivity contribution in [2.75, 3.05) is 19.5 Å². The molecule has 2 N–H and O–H groups in total. The third kappa shape index (κ3) is 5.10. The van der Waals surface area contributed by atoms with Crippen molar-refractivity contribution < 1.29 is 14.3 Å². The Morgan fingerprint density at radius 1 is 1.08 bits per heavy atom. The summed E-state index contributed by atoms with van der Waals surface area (Å²) in [5.41, 5.74) is 1.54. The van der Waals surface area contributed by atoms with Crippen LogP contribution in [0.1, 0.15) is 5.56 Å². The first kappa shape index (κ1) is 17.5. The van der Waals surface area contributed by atoms with Crippen molar-refractivity contribution in [2.45, 2.75) is 0 Å². The normalized spacial score (nSPS) is 10.2. The smallest absolute Gasteiger partial charge is 0.250 e. The van der Waals surface area contributed by atoms with Crippen LogP contribution < -0.4 is 20.1 Å². The number of hydrogen-bond donors (Lipinski definition) is 2. The molecule has 2 rings (SSSR count). The standard InChI is InChI=1S/C18H18N2O3S/c1-22-14-9-10-16(23-2)15(12-14)19-18(24)20-17(21)11-8-13-6-4-3-5-7-13/h3-12H,1-2H3,(H2,19,20,21,24). The second kappa shape index (κ2) is 8.69. The zero-order valence-electron chi connectivity index (χ0n) is 13.4. The van der Waals surface area contributed by atoms with Gasteiger partial charge in [0.05, 0.1) is 19.9 Å². The van der Waals surface area contributed by atoms with E-state index in [4.69, 9.17) is 21.7 Å². The van der Waals surface area contributed by atoms with Crippen LogP contribution in [0.25, 0.3) is 6.08 Å². The van der Waals surface area contributed by atoms with Gasteiger partial charge in [0.15, 0.2) is 5.11 Å². The Morgan fingerprint density at radius 3 is 2.50 bits per heavy atom. The lowest BCUT2D eigenvalue weighted by Crippen LogP contribution is -2.32. The van der Waals surface area contributed by atoms with Gasteiger partial charge in [0.2, 0.25) is 5.91 Å². The number of thiocarbonyl (C=S) groups is 1. The molecular formula is C18H18N2O3S. The van der Waals surface area contributed by atoms with Gasteiger partial charge in [0.25, 0.3) is 0 Å². The monoisotopic (exact) mass is 342 g/mol. The summed E-state index contributed by atoms with van der Waals surface area (Å²) < 4.78 is 10.4. The third-order valence-corrected chi connectivity index (χ3v) is 3.32. The van der Waals surface area contributed by atoms with Crippen molar-refractivity contribution in [1.82, 2.24) is 5.32 Å². The molecule has 0 aliphatic rings. The van der Waals surface area contributed by atoms with E-state index >= 15 is 0 Å². The van der Waals surface area contributed by atoms with Crippen molar-refractivity contribution in [3.63, 3.8) is 0 Å². The van der Waals surface area contributed by atoms with Crippen molar-refractivity contribution in [3.8, 4) is 11.5 Å². The fourth-order valence-corrected chi connectivity index (χ4v) is 2.17. The van der Waals surface area contributed by atoms with E-state index in [1.165, 1.54) is 6.08 Å². The van der Waals surface area contributed by atoms with Crippen LogP contribution in [0.4, 0.5) is 5.69 Å². The molecule has 2 aromatic rings. The Morgan fingerprint density at radius 2 is 1.83 bits per heavy atom. The van der Waals surface area contributed by atoms with Crippen LogP contribution in [0, 0.1) is 0 Å². The molecule has 24 heavy (non-hydrogen) atoms. The van der Waals surface area contributed by atoms with E-state index in [1.54, 1.807) is 38.5 Å². The van der Waals surface area contributed by atoms with Gasteiger partial charge in [0.1, 0.15) is 11.5 Å². The number of methoxy groups -OCH3 is 2. The maximum Gasteiger partial charge on any atom is 0.250 e. The molecule has 0 spiro atoms.